The Kier molecular flexibility index (Phi) is 6.88. The zero-order valence-corrected chi connectivity index (χ0v) is 8.96. The number of hydrogen-bond acceptors (Lipinski definition) is 2. The van der Waals surface area contributed by atoms with E-state index in [-0.39, 0.29) is 0 Å². The first-order valence-corrected chi connectivity index (χ1v) is 4.68. The summed E-state index contributed by atoms with van der Waals surface area (Å²) < 4.78 is 0. The number of nitrogens with one attached hydrogen (secondary N) is 1. The van der Waals surface area contributed by atoms with Gasteiger partial charge in [-0.3, -0.25) is 4.99 Å². The molecule has 0 unspecified atom stereocenters. The molecule has 0 aromatic rings. The SMILES string of the molecule is CC/C=C/N=C(C)NC(C)=NCC. The third-order valence-corrected chi connectivity index (χ3v) is 1.37. The van der Waals surface area contributed by atoms with Crippen molar-refractivity contribution in [3.05, 3.63) is 12.3 Å². The quantitative estimate of drug-likeness (QED) is 0.526. The summed E-state index contributed by atoms with van der Waals surface area (Å²) in [5, 5.41) is 3.09. The maximum atomic E-state index is 4.19. The van der Waals surface area contributed by atoms with E-state index in [0.717, 1.165) is 24.6 Å². The van der Waals surface area contributed by atoms with E-state index in [9.17, 15) is 0 Å². The topological polar surface area (TPSA) is 36.8 Å². The number of allylic oxidation sites excluding steroid dienone is 1. The first-order chi connectivity index (χ1) is 6.20. The van der Waals surface area contributed by atoms with Gasteiger partial charge in [0, 0.05) is 12.7 Å². The molecule has 0 heterocycles. The summed E-state index contributed by atoms with van der Waals surface area (Å²) in [7, 11) is 0. The van der Waals surface area contributed by atoms with Crippen molar-refractivity contribution in [1.29, 1.82) is 0 Å². The minimum absolute atomic E-state index is 0.802. The molecule has 0 rings (SSSR count). The van der Waals surface area contributed by atoms with Gasteiger partial charge in [0.2, 0.25) is 0 Å². The zero-order chi connectivity index (χ0) is 10.1. The molecule has 0 atom stereocenters. The van der Waals surface area contributed by atoms with Gasteiger partial charge in [-0.25, -0.2) is 4.99 Å². The Morgan fingerprint density at radius 1 is 1.23 bits per heavy atom. The van der Waals surface area contributed by atoms with Crippen molar-refractivity contribution in [3.63, 3.8) is 0 Å². The third-order valence-electron chi connectivity index (χ3n) is 1.37. The predicted molar refractivity (Wildman–Crippen MR) is 59.3 cm³/mol. The maximum absolute atomic E-state index is 4.19. The van der Waals surface area contributed by atoms with E-state index in [1.54, 1.807) is 0 Å². The molecule has 0 aromatic carbocycles. The number of hydrogen-bond donors (Lipinski definition) is 1. The van der Waals surface area contributed by atoms with E-state index < -0.39 is 0 Å². The van der Waals surface area contributed by atoms with Crippen molar-refractivity contribution < 1.29 is 0 Å². The van der Waals surface area contributed by atoms with Crippen LogP contribution >= 0.6 is 0 Å². The van der Waals surface area contributed by atoms with Crippen molar-refractivity contribution in [2.75, 3.05) is 6.54 Å². The predicted octanol–water partition coefficient (Wildman–Crippen LogP) is 2.36. The maximum Gasteiger partial charge on any atom is 0.104 e. The molecule has 0 saturated carbocycles. The van der Waals surface area contributed by atoms with E-state index >= 15 is 0 Å². The molecule has 0 radical (unpaired) electrons. The second-order valence-electron chi connectivity index (χ2n) is 2.69. The summed E-state index contributed by atoms with van der Waals surface area (Å²) in [4.78, 5) is 8.37. The molecular weight excluding hydrogens is 162 g/mol. The first-order valence-electron chi connectivity index (χ1n) is 4.68. The summed E-state index contributed by atoms with van der Waals surface area (Å²) >= 11 is 0. The largest absolute Gasteiger partial charge is 0.333 e. The lowest BCUT2D eigenvalue weighted by Gasteiger charge is -2.02. The van der Waals surface area contributed by atoms with Gasteiger partial charge in [-0.1, -0.05) is 13.0 Å². The summed E-state index contributed by atoms with van der Waals surface area (Å²) in [6.45, 7) is 8.75. The Labute approximate surface area is 80.7 Å². The van der Waals surface area contributed by atoms with Crippen molar-refractivity contribution in [2.24, 2.45) is 9.98 Å². The monoisotopic (exact) mass is 181 g/mol. The van der Waals surface area contributed by atoms with Gasteiger partial charge in [0.1, 0.15) is 5.84 Å². The van der Waals surface area contributed by atoms with Crippen LogP contribution in [0, 0.1) is 0 Å². The van der Waals surface area contributed by atoms with Crippen molar-refractivity contribution >= 4 is 11.7 Å². The summed E-state index contributed by atoms with van der Waals surface area (Å²) in [5.41, 5.74) is 0. The van der Waals surface area contributed by atoms with E-state index in [0.29, 0.717) is 0 Å². The fourth-order valence-corrected chi connectivity index (χ4v) is 0.841. The Bertz CT molecular complexity index is 214. The fraction of sp³-hybridized carbons (Fsp3) is 0.600. The van der Waals surface area contributed by atoms with Gasteiger partial charge in [0.25, 0.3) is 0 Å². The molecule has 0 fully saturated rings. The molecule has 13 heavy (non-hydrogen) atoms. The van der Waals surface area contributed by atoms with Gasteiger partial charge in [0.05, 0.1) is 5.84 Å². The lowest BCUT2D eigenvalue weighted by Crippen LogP contribution is -2.25. The van der Waals surface area contributed by atoms with Crippen LogP contribution < -0.4 is 5.32 Å². The highest BCUT2D eigenvalue weighted by molar-refractivity contribution is 5.98. The molecular formula is C10H19N3. The molecule has 0 saturated heterocycles. The van der Waals surface area contributed by atoms with Gasteiger partial charge < -0.3 is 5.32 Å². The molecule has 0 aromatic heterocycles. The first kappa shape index (κ1) is 11.9. The number of nitrogens with zero attached hydrogens (tertiary/aromatic N) is 2. The molecule has 0 aliphatic carbocycles. The molecule has 1 N–H and O–H groups in total. The molecule has 3 heteroatoms. The van der Waals surface area contributed by atoms with Gasteiger partial charge >= 0.3 is 0 Å². The third kappa shape index (κ3) is 7.25. The summed E-state index contributed by atoms with van der Waals surface area (Å²) in [6.07, 6.45) is 4.83. The van der Waals surface area contributed by atoms with E-state index in [1.807, 2.05) is 33.0 Å². The van der Waals surface area contributed by atoms with Crippen LogP contribution in [0.3, 0.4) is 0 Å². The van der Waals surface area contributed by atoms with E-state index in [1.165, 1.54) is 0 Å². The lowest BCUT2D eigenvalue weighted by atomic mass is 10.5. The van der Waals surface area contributed by atoms with Crippen LogP contribution in [0.15, 0.2) is 22.3 Å². The zero-order valence-electron chi connectivity index (χ0n) is 8.96. The molecule has 0 bridgehead atoms. The Hall–Kier alpha value is -1.12. The lowest BCUT2D eigenvalue weighted by molar-refractivity contribution is 1.09. The van der Waals surface area contributed by atoms with Gasteiger partial charge in [-0.15, -0.1) is 0 Å². The van der Waals surface area contributed by atoms with Crippen molar-refractivity contribution in [1.82, 2.24) is 5.32 Å². The molecule has 0 spiro atoms. The highest BCUT2D eigenvalue weighted by Crippen LogP contribution is 1.82. The van der Waals surface area contributed by atoms with Crippen LogP contribution in [0.4, 0.5) is 0 Å². The summed E-state index contributed by atoms with van der Waals surface area (Å²) in [5.74, 6) is 1.79. The van der Waals surface area contributed by atoms with Crippen LogP contribution in [-0.4, -0.2) is 18.2 Å². The molecule has 0 aliphatic rings. The van der Waals surface area contributed by atoms with Crippen LogP contribution in [0.2, 0.25) is 0 Å². The van der Waals surface area contributed by atoms with E-state index in [4.69, 9.17) is 0 Å². The molecule has 0 aliphatic heterocycles. The minimum Gasteiger partial charge on any atom is -0.333 e. The highest BCUT2D eigenvalue weighted by atomic mass is 15.0. The van der Waals surface area contributed by atoms with Crippen LogP contribution in [-0.2, 0) is 0 Å². The Morgan fingerprint density at radius 2 is 1.92 bits per heavy atom. The minimum atomic E-state index is 0.802. The number of aliphatic imine (C=N–C) groups is 2. The fourth-order valence-electron chi connectivity index (χ4n) is 0.841. The van der Waals surface area contributed by atoms with Crippen molar-refractivity contribution in [3.8, 4) is 0 Å². The highest BCUT2D eigenvalue weighted by Gasteiger charge is 1.89. The summed E-state index contributed by atoms with van der Waals surface area (Å²) in [6, 6.07) is 0. The molecule has 0 amide bonds. The van der Waals surface area contributed by atoms with Crippen molar-refractivity contribution in [2.45, 2.75) is 34.1 Å². The van der Waals surface area contributed by atoms with Crippen LogP contribution in [0.1, 0.15) is 34.1 Å². The molecule has 3 nitrogen and oxygen atoms in total. The second kappa shape index (κ2) is 7.53. The standard InChI is InChI=1S/C10H19N3/c1-5-7-8-12-10(4)13-9(3)11-6-2/h7-8H,5-6H2,1-4H3,(H,11,12,13)/b8-7+. The Morgan fingerprint density at radius 3 is 2.46 bits per heavy atom. The smallest absolute Gasteiger partial charge is 0.104 e. The van der Waals surface area contributed by atoms with Gasteiger partial charge in [0.15, 0.2) is 0 Å². The van der Waals surface area contributed by atoms with Gasteiger partial charge in [-0.05, 0) is 27.2 Å². The molecule has 74 valence electrons. The van der Waals surface area contributed by atoms with Crippen LogP contribution in [0.5, 0.6) is 0 Å². The second-order valence-corrected chi connectivity index (χ2v) is 2.69. The average Bonchev–Trinajstić information content (AvgIpc) is 2.05. The number of rotatable bonds is 3. The van der Waals surface area contributed by atoms with E-state index in [2.05, 4.69) is 22.2 Å². The normalized spacial score (nSPS) is 13.8. The average molecular weight is 181 g/mol. The number of amidine groups is 2. The van der Waals surface area contributed by atoms with Gasteiger partial charge in [-0.2, -0.15) is 0 Å². The Balaban J connectivity index is 3.98. The van der Waals surface area contributed by atoms with Crippen LogP contribution in [0.25, 0.3) is 0 Å².